The van der Waals surface area contributed by atoms with Gasteiger partial charge in [-0.2, -0.15) is 0 Å². The first-order valence-corrected chi connectivity index (χ1v) is 7.30. The van der Waals surface area contributed by atoms with Crippen LogP contribution in [0.25, 0.3) is 0 Å². The molecule has 2 rings (SSSR count). The molecule has 0 amide bonds. The first-order valence-electron chi connectivity index (χ1n) is 6.42. The van der Waals surface area contributed by atoms with Crippen molar-refractivity contribution in [2.75, 3.05) is 6.54 Å². The lowest BCUT2D eigenvalue weighted by molar-refractivity contribution is 0.618. The maximum absolute atomic E-state index is 13.1. The van der Waals surface area contributed by atoms with E-state index in [1.165, 1.54) is 18.9 Å². The van der Waals surface area contributed by atoms with Crippen LogP contribution in [0.3, 0.4) is 0 Å². The molecular formula is C14H19FN2S. The average Bonchev–Trinajstić information content (AvgIpc) is 2.77. The van der Waals surface area contributed by atoms with Gasteiger partial charge in [-0.25, -0.2) is 4.39 Å². The number of hydrogen-bond acceptors (Lipinski definition) is 3. The van der Waals surface area contributed by atoms with E-state index in [4.69, 9.17) is 0 Å². The van der Waals surface area contributed by atoms with Crippen LogP contribution >= 0.6 is 11.8 Å². The van der Waals surface area contributed by atoms with Crippen LogP contribution in [0.1, 0.15) is 38.3 Å². The Balaban J connectivity index is 1.91. The summed E-state index contributed by atoms with van der Waals surface area (Å²) in [6.07, 6.45) is 2.40. The highest BCUT2D eigenvalue weighted by atomic mass is 32.2. The number of thioether (sulfide) groups is 1. The van der Waals surface area contributed by atoms with Gasteiger partial charge < -0.3 is 5.32 Å². The molecule has 0 aliphatic carbocycles. The largest absolute Gasteiger partial charge is 0.358 e. The highest BCUT2D eigenvalue weighted by Gasteiger charge is 2.20. The van der Waals surface area contributed by atoms with Crippen molar-refractivity contribution in [3.05, 3.63) is 35.6 Å². The van der Waals surface area contributed by atoms with E-state index in [-0.39, 0.29) is 11.9 Å². The van der Waals surface area contributed by atoms with Gasteiger partial charge in [-0.15, -0.1) is 0 Å². The molecule has 0 fully saturated rings. The smallest absolute Gasteiger partial charge is 0.157 e. The molecule has 2 atom stereocenters. The number of aliphatic imine (C=N–C) groups is 1. The van der Waals surface area contributed by atoms with Gasteiger partial charge in [0.15, 0.2) is 5.17 Å². The van der Waals surface area contributed by atoms with Crippen LogP contribution in [0.5, 0.6) is 0 Å². The Labute approximate surface area is 112 Å². The zero-order valence-corrected chi connectivity index (χ0v) is 11.6. The highest BCUT2D eigenvalue weighted by molar-refractivity contribution is 8.14. The molecule has 0 bridgehead atoms. The molecule has 0 radical (unpaired) electrons. The fourth-order valence-electron chi connectivity index (χ4n) is 2.01. The number of nitrogens with zero attached hydrogens (tertiary/aromatic N) is 1. The highest BCUT2D eigenvalue weighted by Crippen LogP contribution is 2.25. The Kier molecular flexibility index (Phi) is 4.64. The van der Waals surface area contributed by atoms with E-state index >= 15 is 0 Å². The maximum Gasteiger partial charge on any atom is 0.157 e. The molecule has 0 saturated heterocycles. The first-order chi connectivity index (χ1) is 8.69. The SMILES string of the molecule is CCCC1CN=C(NC(C)c2cccc(F)c2)S1. The third-order valence-electron chi connectivity index (χ3n) is 3.02. The second kappa shape index (κ2) is 6.23. The molecule has 1 aliphatic rings. The molecule has 98 valence electrons. The number of halogens is 1. The van der Waals surface area contributed by atoms with Crippen LogP contribution in [-0.2, 0) is 0 Å². The van der Waals surface area contributed by atoms with Crippen LogP contribution in [0.4, 0.5) is 4.39 Å². The van der Waals surface area contributed by atoms with Crippen molar-refractivity contribution >= 4 is 16.9 Å². The molecule has 0 aromatic heterocycles. The van der Waals surface area contributed by atoms with Crippen molar-refractivity contribution in [1.82, 2.24) is 5.32 Å². The number of nitrogens with one attached hydrogen (secondary N) is 1. The fraction of sp³-hybridized carbons (Fsp3) is 0.500. The molecule has 0 saturated carbocycles. The topological polar surface area (TPSA) is 24.4 Å². The minimum Gasteiger partial charge on any atom is -0.358 e. The zero-order valence-electron chi connectivity index (χ0n) is 10.8. The van der Waals surface area contributed by atoms with Crippen LogP contribution < -0.4 is 5.32 Å². The van der Waals surface area contributed by atoms with Gasteiger partial charge in [0.05, 0.1) is 12.6 Å². The molecule has 0 spiro atoms. The van der Waals surface area contributed by atoms with E-state index in [1.54, 1.807) is 12.1 Å². The number of amidine groups is 1. The van der Waals surface area contributed by atoms with Crippen LogP contribution in [0, 0.1) is 5.82 Å². The van der Waals surface area contributed by atoms with Crippen LogP contribution in [0.15, 0.2) is 29.3 Å². The van der Waals surface area contributed by atoms with Crippen molar-refractivity contribution in [1.29, 1.82) is 0 Å². The molecule has 1 aromatic carbocycles. The third-order valence-corrected chi connectivity index (χ3v) is 4.20. The molecule has 4 heteroatoms. The van der Waals surface area contributed by atoms with Crippen molar-refractivity contribution in [2.24, 2.45) is 4.99 Å². The lowest BCUT2D eigenvalue weighted by Crippen LogP contribution is -2.23. The number of hydrogen-bond donors (Lipinski definition) is 1. The van der Waals surface area contributed by atoms with Gasteiger partial charge in [-0.1, -0.05) is 37.2 Å². The summed E-state index contributed by atoms with van der Waals surface area (Å²) in [6, 6.07) is 6.81. The predicted molar refractivity (Wildman–Crippen MR) is 76.5 cm³/mol. The Morgan fingerprint density at radius 1 is 1.56 bits per heavy atom. The predicted octanol–water partition coefficient (Wildman–Crippen LogP) is 3.75. The van der Waals surface area contributed by atoms with Gasteiger partial charge in [0, 0.05) is 5.25 Å². The summed E-state index contributed by atoms with van der Waals surface area (Å²) in [5.74, 6) is -0.189. The van der Waals surface area contributed by atoms with Crippen molar-refractivity contribution in [3.63, 3.8) is 0 Å². The maximum atomic E-state index is 13.1. The van der Waals surface area contributed by atoms with Gasteiger partial charge in [-0.05, 0) is 31.0 Å². The quantitative estimate of drug-likeness (QED) is 0.897. The summed E-state index contributed by atoms with van der Waals surface area (Å²) < 4.78 is 13.1. The summed E-state index contributed by atoms with van der Waals surface area (Å²) >= 11 is 1.81. The van der Waals surface area contributed by atoms with Gasteiger partial charge in [-0.3, -0.25) is 4.99 Å². The second-order valence-electron chi connectivity index (χ2n) is 4.60. The molecule has 1 aromatic rings. The Morgan fingerprint density at radius 3 is 3.11 bits per heavy atom. The summed E-state index contributed by atoms with van der Waals surface area (Å²) in [6.45, 7) is 5.13. The first kappa shape index (κ1) is 13.4. The normalized spacial score (nSPS) is 20.6. The zero-order chi connectivity index (χ0) is 13.0. The lowest BCUT2D eigenvalue weighted by Gasteiger charge is -2.15. The van der Waals surface area contributed by atoms with Gasteiger partial charge in [0.25, 0.3) is 0 Å². The molecule has 1 aliphatic heterocycles. The van der Waals surface area contributed by atoms with Crippen molar-refractivity contribution in [3.8, 4) is 0 Å². The Morgan fingerprint density at radius 2 is 2.39 bits per heavy atom. The average molecular weight is 266 g/mol. The second-order valence-corrected chi connectivity index (χ2v) is 5.88. The van der Waals surface area contributed by atoms with E-state index in [0.29, 0.717) is 5.25 Å². The summed E-state index contributed by atoms with van der Waals surface area (Å²) in [5.41, 5.74) is 0.956. The molecule has 1 heterocycles. The van der Waals surface area contributed by atoms with Crippen molar-refractivity contribution in [2.45, 2.75) is 38.0 Å². The van der Waals surface area contributed by atoms with Gasteiger partial charge in [0.2, 0.25) is 0 Å². The molecule has 1 N–H and O–H groups in total. The lowest BCUT2D eigenvalue weighted by atomic mass is 10.1. The summed E-state index contributed by atoms with van der Waals surface area (Å²) in [5, 5.41) is 4.96. The molecule has 18 heavy (non-hydrogen) atoms. The standard InChI is InChI=1S/C14H19FN2S/c1-3-5-13-9-16-14(18-13)17-10(2)11-6-4-7-12(15)8-11/h4,6-8,10,13H,3,5,9H2,1-2H3,(H,16,17). The third kappa shape index (κ3) is 3.48. The van der Waals surface area contributed by atoms with Crippen LogP contribution in [-0.4, -0.2) is 17.0 Å². The minimum absolute atomic E-state index is 0.0901. The molecular weight excluding hydrogens is 247 g/mol. The summed E-state index contributed by atoms with van der Waals surface area (Å²) in [7, 11) is 0. The molecule has 2 unspecified atom stereocenters. The van der Waals surface area contributed by atoms with E-state index in [9.17, 15) is 4.39 Å². The van der Waals surface area contributed by atoms with Gasteiger partial charge in [0.1, 0.15) is 5.82 Å². The molecule has 2 nitrogen and oxygen atoms in total. The fourth-order valence-corrected chi connectivity index (χ4v) is 3.23. The monoisotopic (exact) mass is 266 g/mol. The van der Waals surface area contributed by atoms with E-state index in [2.05, 4.69) is 17.2 Å². The number of rotatable bonds is 4. The summed E-state index contributed by atoms with van der Waals surface area (Å²) in [4.78, 5) is 4.50. The Bertz CT molecular complexity index is 434. The van der Waals surface area contributed by atoms with Gasteiger partial charge >= 0.3 is 0 Å². The van der Waals surface area contributed by atoms with Crippen molar-refractivity contribution < 1.29 is 4.39 Å². The van der Waals surface area contributed by atoms with E-state index < -0.39 is 0 Å². The van der Waals surface area contributed by atoms with Crippen LogP contribution in [0.2, 0.25) is 0 Å². The Hall–Kier alpha value is -1.03. The van der Waals surface area contributed by atoms with E-state index in [1.807, 2.05) is 24.8 Å². The van der Waals surface area contributed by atoms with E-state index in [0.717, 1.165) is 17.3 Å². The number of benzene rings is 1. The minimum atomic E-state index is -0.189.